The van der Waals surface area contributed by atoms with Crippen LogP contribution in [0.5, 0.6) is 0 Å². The molecule has 0 radical (unpaired) electrons. The van der Waals surface area contributed by atoms with Gasteiger partial charge >= 0.3 is 0 Å². The van der Waals surface area contributed by atoms with Crippen molar-refractivity contribution in [2.75, 3.05) is 39.3 Å². The summed E-state index contributed by atoms with van der Waals surface area (Å²) in [6.07, 6.45) is 2.93. The SMILES string of the molecule is CCN(CC)C(=O)CN1CC[C@@H]2[C@H](C1)[C@@H](c1ccc(F)cc1)CN2C(=O)C1CC1. The third-order valence-electron chi connectivity index (χ3n) is 7.00. The first kappa shape index (κ1) is 20.3. The van der Waals surface area contributed by atoms with E-state index in [0.717, 1.165) is 51.0 Å². The zero-order valence-electron chi connectivity index (χ0n) is 17.5. The Kier molecular flexibility index (Phi) is 5.91. The number of benzene rings is 1. The van der Waals surface area contributed by atoms with E-state index in [1.54, 1.807) is 0 Å². The minimum atomic E-state index is -0.232. The van der Waals surface area contributed by atoms with Crippen molar-refractivity contribution in [1.29, 1.82) is 0 Å². The molecule has 0 spiro atoms. The molecular formula is C23H32FN3O2. The Labute approximate surface area is 172 Å². The zero-order chi connectivity index (χ0) is 20.5. The number of carbonyl (C=O) groups excluding carboxylic acids is 2. The Bertz CT molecular complexity index is 745. The lowest BCUT2D eigenvalue weighted by atomic mass is 9.82. The molecule has 0 N–H and O–H groups in total. The number of likely N-dealkylation sites (tertiary alicyclic amines) is 2. The fourth-order valence-corrected chi connectivity index (χ4v) is 5.20. The van der Waals surface area contributed by atoms with Gasteiger partial charge in [0.25, 0.3) is 0 Å². The van der Waals surface area contributed by atoms with Crippen molar-refractivity contribution in [2.24, 2.45) is 11.8 Å². The van der Waals surface area contributed by atoms with Gasteiger partial charge < -0.3 is 9.80 Å². The number of likely N-dealkylation sites (N-methyl/N-ethyl adjacent to an activating group) is 1. The minimum Gasteiger partial charge on any atom is -0.342 e. The first-order valence-corrected chi connectivity index (χ1v) is 11.1. The summed E-state index contributed by atoms with van der Waals surface area (Å²) >= 11 is 0. The van der Waals surface area contributed by atoms with Gasteiger partial charge in [0.05, 0.1) is 6.54 Å². The summed E-state index contributed by atoms with van der Waals surface area (Å²) in [6, 6.07) is 6.99. The topological polar surface area (TPSA) is 43.9 Å². The summed E-state index contributed by atoms with van der Waals surface area (Å²) in [5.41, 5.74) is 1.10. The van der Waals surface area contributed by atoms with Gasteiger partial charge in [-0.1, -0.05) is 12.1 Å². The summed E-state index contributed by atoms with van der Waals surface area (Å²) in [5, 5.41) is 0. The van der Waals surface area contributed by atoms with Gasteiger partial charge in [-0.3, -0.25) is 14.5 Å². The van der Waals surface area contributed by atoms with Crippen LogP contribution in [0.25, 0.3) is 0 Å². The van der Waals surface area contributed by atoms with Gasteiger partial charge in [-0.2, -0.15) is 0 Å². The second kappa shape index (κ2) is 8.42. The maximum atomic E-state index is 13.5. The summed E-state index contributed by atoms with van der Waals surface area (Å²) in [4.78, 5) is 31.8. The number of hydrogen-bond donors (Lipinski definition) is 0. The van der Waals surface area contributed by atoms with Gasteiger partial charge in [0.1, 0.15) is 5.82 Å². The first-order chi connectivity index (χ1) is 14.0. The van der Waals surface area contributed by atoms with Crippen molar-refractivity contribution in [2.45, 2.75) is 45.1 Å². The summed E-state index contributed by atoms with van der Waals surface area (Å²) in [7, 11) is 0. The lowest BCUT2D eigenvalue weighted by molar-refractivity contribution is -0.136. The van der Waals surface area contributed by atoms with Gasteiger partial charge in [0, 0.05) is 56.5 Å². The van der Waals surface area contributed by atoms with Gasteiger partial charge in [-0.15, -0.1) is 0 Å². The van der Waals surface area contributed by atoms with Crippen LogP contribution in [0, 0.1) is 17.7 Å². The molecule has 158 valence electrons. The van der Waals surface area contributed by atoms with Crippen LogP contribution < -0.4 is 0 Å². The normalized spacial score (nSPS) is 27.0. The molecule has 1 aromatic carbocycles. The van der Waals surface area contributed by atoms with Gasteiger partial charge in [-0.25, -0.2) is 4.39 Å². The number of piperidine rings is 1. The molecule has 2 amide bonds. The van der Waals surface area contributed by atoms with Crippen LogP contribution in [0.4, 0.5) is 4.39 Å². The molecule has 4 rings (SSSR count). The van der Waals surface area contributed by atoms with Gasteiger partial charge in [0.15, 0.2) is 0 Å². The fourth-order valence-electron chi connectivity index (χ4n) is 5.20. The molecule has 1 aliphatic carbocycles. The molecule has 0 bridgehead atoms. The molecule has 6 heteroatoms. The molecule has 3 atom stereocenters. The highest BCUT2D eigenvalue weighted by molar-refractivity contribution is 5.82. The lowest BCUT2D eigenvalue weighted by Gasteiger charge is -2.39. The third kappa shape index (κ3) is 4.18. The van der Waals surface area contributed by atoms with Crippen molar-refractivity contribution in [3.63, 3.8) is 0 Å². The molecule has 3 aliphatic rings. The summed E-state index contributed by atoms with van der Waals surface area (Å²) in [6.45, 7) is 8.31. The van der Waals surface area contributed by atoms with Crippen LogP contribution in [0.2, 0.25) is 0 Å². The average molecular weight is 402 g/mol. The maximum Gasteiger partial charge on any atom is 0.236 e. The van der Waals surface area contributed by atoms with Crippen molar-refractivity contribution in [1.82, 2.24) is 14.7 Å². The zero-order valence-corrected chi connectivity index (χ0v) is 17.5. The van der Waals surface area contributed by atoms with Crippen molar-refractivity contribution in [3.8, 4) is 0 Å². The van der Waals surface area contributed by atoms with Crippen molar-refractivity contribution < 1.29 is 14.0 Å². The van der Waals surface area contributed by atoms with E-state index in [1.165, 1.54) is 12.1 Å². The minimum absolute atomic E-state index is 0.177. The number of halogens is 1. The molecule has 2 aliphatic heterocycles. The predicted octanol–water partition coefficient (Wildman–Crippen LogP) is 2.72. The van der Waals surface area contributed by atoms with E-state index < -0.39 is 0 Å². The van der Waals surface area contributed by atoms with E-state index in [2.05, 4.69) is 9.80 Å². The van der Waals surface area contributed by atoms with Crippen LogP contribution in [-0.2, 0) is 9.59 Å². The number of carbonyl (C=O) groups is 2. The van der Waals surface area contributed by atoms with E-state index in [0.29, 0.717) is 24.9 Å². The molecule has 29 heavy (non-hydrogen) atoms. The van der Waals surface area contributed by atoms with E-state index in [4.69, 9.17) is 0 Å². The van der Waals surface area contributed by atoms with E-state index in [-0.39, 0.29) is 29.6 Å². The van der Waals surface area contributed by atoms with E-state index in [1.807, 2.05) is 30.9 Å². The number of rotatable bonds is 6. The summed E-state index contributed by atoms with van der Waals surface area (Å²) < 4.78 is 13.5. The largest absolute Gasteiger partial charge is 0.342 e. The lowest BCUT2D eigenvalue weighted by Crippen LogP contribution is -2.51. The molecule has 1 aromatic rings. The Morgan fingerprint density at radius 1 is 1.07 bits per heavy atom. The van der Waals surface area contributed by atoms with E-state index in [9.17, 15) is 14.0 Å². The monoisotopic (exact) mass is 401 g/mol. The number of hydrogen-bond acceptors (Lipinski definition) is 3. The molecule has 2 heterocycles. The van der Waals surface area contributed by atoms with E-state index >= 15 is 0 Å². The molecule has 2 saturated heterocycles. The Balaban J connectivity index is 1.52. The molecule has 0 unspecified atom stereocenters. The Morgan fingerprint density at radius 2 is 1.76 bits per heavy atom. The Morgan fingerprint density at radius 3 is 2.38 bits per heavy atom. The van der Waals surface area contributed by atoms with Crippen molar-refractivity contribution in [3.05, 3.63) is 35.6 Å². The first-order valence-electron chi connectivity index (χ1n) is 11.1. The molecular weight excluding hydrogens is 369 g/mol. The van der Waals surface area contributed by atoms with Crippen LogP contribution in [-0.4, -0.2) is 71.8 Å². The molecule has 1 saturated carbocycles. The van der Waals surface area contributed by atoms with Crippen LogP contribution >= 0.6 is 0 Å². The van der Waals surface area contributed by atoms with Gasteiger partial charge in [-0.05, 0) is 50.8 Å². The second-order valence-corrected chi connectivity index (χ2v) is 8.74. The third-order valence-corrected chi connectivity index (χ3v) is 7.00. The average Bonchev–Trinajstić information content (AvgIpc) is 3.50. The number of amides is 2. The highest BCUT2D eigenvalue weighted by atomic mass is 19.1. The molecule has 5 nitrogen and oxygen atoms in total. The highest BCUT2D eigenvalue weighted by Gasteiger charge is 2.49. The number of fused-ring (bicyclic) bond motifs is 1. The fraction of sp³-hybridized carbons (Fsp3) is 0.652. The molecule has 3 fully saturated rings. The quantitative estimate of drug-likeness (QED) is 0.736. The van der Waals surface area contributed by atoms with Crippen LogP contribution in [0.3, 0.4) is 0 Å². The van der Waals surface area contributed by atoms with Crippen LogP contribution in [0.1, 0.15) is 44.6 Å². The highest BCUT2D eigenvalue weighted by Crippen LogP contribution is 2.44. The maximum absolute atomic E-state index is 13.5. The Hall–Kier alpha value is -1.95. The standard InChI is InChI=1S/C23H32FN3O2/c1-3-26(4-2)22(28)15-25-12-11-21-20(13-25)19(16-7-9-18(24)10-8-16)14-27(21)23(29)17-5-6-17/h7-10,17,19-21H,3-6,11-15H2,1-2H3/t19-,20-,21-/m1/s1. The summed E-state index contributed by atoms with van der Waals surface area (Å²) in [5.74, 6) is 0.957. The smallest absolute Gasteiger partial charge is 0.236 e. The number of nitrogens with zero attached hydrogens (tertiary/aromatic N) is 3. The van der Waals surface area contributed by atoms with Crippen LogP contribution in [0.15, 0.2) is 24.3 Å². The van der Waals surface area contributed by atoms with Crippen molar-refractivity contribution >= 4 is 11.8 Å². The molecule has 0 aromatic heterocycles. The predicted molar refractivity (Wildman–Crippen MR) is 110 cm³/mol. The van der Waals surface area contributed by atoms with Gasteiger partial charge in [0.2, 0.25) is 11.8 Å². The second-order valence-electron chi connectivity index (χ2n) is 8.74.